The van der Waals surface area contributed by atoms with Gasteiger partial charge in [-0.3, -0.25) is 9.36 Å². The van der Waals surface area contributed by atoms with Gasteiger partial charge in [-0.05, 0) is 46.6 Å². The zero-order chi connectivity index (χ0) is 20.6. The van der Waals surface area contributed by atoms with Crippen LogP contribution in [0.4, 0.5) is 13.2 Å². The highest BCUT2D eigenvalue weighted by Crippen LogP contribution is 2.43. The molecule has 0 N–H and O–H groups in total. The van der Waals surface area contributed by atoms with E-state index >= 15 is 0 Å². The smallest absolute Gasteiger partial charge is 0.269 e. The lowest BCUT2D eigenvalue weighted by molar-refractivity contribution is -0.143. The van der Waals surface area contributed by atoms with Crippen LogP contribution in [0.2, 0.25) is 5.02 Å². The number of carbonyl (C=O) groups is 1. The number of hydrogen-bond acceptors (Lipinski definition) is 2. The second-order valence-corrected chi connectivity index (χ2v) is 7.19. The third-order valence-electron chi connectivity index (χ3n) is 4.19. The van der Waals surface area contributed by atoms with E-state index in [4.69, 9.17) is 11.6 Å². The molecule has 0 unspecified atom stereocenters. The average molecular weight is 468 g/mol. The van der Waals surface area contributed by atoms with Crippen LogP contribution in [0, 0.1) is 18.3 Å². The molecule has 0 aliphatic heterocycles. The van der Waals surface area contributed by atoms with Crippen LogP contribution >= 0.6 is 27.5 Å². The van der Waals surface area contributed by atoms with E-state index in [2.05, 4.69) is 15.9 Å². The maximum atomic E-state index is 13.9. The Morgan fingerprint density at radius 2 is 1.75 bits per heavy atom. The van der Waals surface area contributed by atoms with Crippen molar-refractivity contribution >= 4 is 33.4 Å². The maximum absolute atomic E-state index is 13.9. The first kappa shape index (κ1) is 20.2. The molecule has 8 heteroatoms. The lowest BCUT2D eigenvalue weighted by Gasteiger charge is -2.15. The highest BCUT2D eigenvalue weighted by molar-refractivity contribution is 9.10. The lowest BCUT2D eigenvalue weighted by atomic mass is 10.1. The van der Waals surface area contributed by atoms with Gasteiger partial charge in [0.25, 0.3) is 5.91 Å². The molecule has 142 valence electrons. The van der Waals surface area contributed by atoms with Gasteiger partial charge in [-0.1, -0.05) is 41.9 Å². The zero-order valence-electron chi connectivity index (χ0n) is 14.3. The van der Waals surface area contributed by atoms with E-state index in [-0.39, 0.29) is 22.4 Å². The summed E-state index contributed by atoms with van der Waals surface area (Å²) in [6.45, 7) is 1.63. The third-order valence-corrected chi connectivity index (χ3v) is 5.21. The molecule has 0 saturated heterocycles. The minimum absolute atomic E-state index is 0.107. The van der Waals surface area contributed by atoms with Crippen molar-refractivity contribution in [2.45, 2.75) is 13.1 Å². The second-order valence-electron chi connectivity index (χ2n) is 5.96. The van der Waals surface area contributed by atoms with E-state index in [1.54, 1.807) is 31.2 Å². The maximum Gasteiger partial charge on any atom is 0.433 e. The number of nitriles is 1. The van der Waals surface area contributed by atoms with Crippen LogP contribution in [-0.2, 0) is 6.18 Å². The number of carbonyl (C=O) groups excluding carboxylic acids is 1. The summed E-state index contributed by atoms with van der Waals surface area (Å²) in [6, 6.07) is 14.0. The minimum Gasteiger partial charge on any atom is -0.269 e. The Morgan fingerprint density at radius 3 is 2.29 bits per heavy atom. The van der Waals surface area contributed by atoms with E-state index in [0.717, 1.165) is 0 Å². The molecule has 0 bridgehead atoms. The summed E-state index contributed by atoms with van der Waals surface area (Å²) >= 11 is 8.75. The average Bonchev–Trinajstić information content (AvgIpc) is 2.94. The summed E-state index contributed by atoms with van der Waals surface area (Å²) in [4.78, 5) is 13.2. The molecule has 3 rings (SSSR count). The molecular weight excluding hydrogens is 457 g/mol. The van der Waals surface area contributed by atoms with Gasteiger partial charge in [0.05, 0.1) is 15.7 Å². The van der Waals surface area contributed by atoms with Gasteiger partial charge in [0, 0.05) is 16.1 Å². The Morgan fingerprint density at radius 1 is 1.14 bits per heavy atom. The summed E-state index contributed by atoms with van der Waals surface area (Å²) in [5.41, 5.74) is -0.772. The number of aryl methyl sites for hydroxylation is 1. The van der Waals surface area contributed by atoms with Crippen LogP contribution < -0.4 is 0 Å². The molecule has 0 radical (unpaired) electrons. The predicted octanol–water partition coefficient (Wildman–Crippen LogP) is 6.46. The molecule has 0 saturated carbocycles. The van der Waals surface area contributed by atoms with Gasteiger partial charge in [0.2, 0.25) is 0 Å². The van der Waals surface area contributed by atoms with Gasteiger partial charge >= 0.3 is 6.18 Å². The first-order valence-corrected chi connectivity index (χ1v) is 9.11. The van der Waals surface area contributed by atoms with E-state index in [1.807, 2.05) is 0 Å². The van der Waals surface area contributed by atoms with Gasteiger partial charge in [-0.25, -0.2) is 0 Å². The topological polar surface area (TPSA) is 45.8 Å². The van der Waals surface area contributed by atoms with Gasteiger partial charge in [-0.15, -0.1) is 0 Å². The number of rotatable bonds is 2. The fourth-order valence-corrected chi connectivity index (χ4v) is 3.72. The fourth-order valence-electron chi connectivity index (χ4n) is 2.91. The zero-order valence-corrected chi connectivity index (χ0v) is 16.7. The Balaban J connectivity index is 2.42. The first-order valence-electron chi connectivity index (χ1n) is 7.94. The van der Waals surface area contributed by atoms with Crippen molar-refractivity contribution in [3.8, 4) is 17.3 Å². The Bertz CT molecular complexity index is 1110. The fraction of sp³-hybridized carbons (Fsp3) is 0.100. The molecule has 0 aliphatic rings. The Kier molecular flexibility index (Phi) is 5.37. The number of nitrogens with zero attached hydrogens (tertiary/aromatic N) is 2. The van der Waals surface area contributed by atoms with Gasteiger partial charge < -0.3 is 0 Å². The summed E-state index contributed by atoms with van der Waals surface area (Å²) in [5, 5.41) is 9.90. The number of hydrogen-bond donors (Lipinski definition) is 0. The van der Waals surface area contributed by atoms with Crippen molar-refractivity contribution in [2.75, 3.05) is 0 Å². The molecule has 2 aromatic carbocycles. The molecule has 0 fully saturated rings. The monoisotopic (exact) mass is 466 g/mol. The summed E-state index contributed by atoms with van der Waals surface area (Å²) < 4.78 is 41.7. The number of benzene rings is 2. The Labute approximate surface area is 172 Å². The van der Waals surface area contributed by atoms with E-state index < -0.39 is 22.3 Å². The minimum atomic E-state index is -4.87. The number of halogens is 5. The molecule has 3 nitrogen and oxygen atoms in total. The quantitative estimate of drug-likeness (QED) is 0.434. The van der Waals surface area contributed by atoms with Gasteiger partial charge in [-0.2, -0.15) is 18.4 Å². The first-order chi connectivity index (χ1) is 13.2. The predicted molar refractivity (Wildman–Crippen MR) is 103 cm³/mol. The molecule has 3 aromatic rings. The summed E-state index contributed by atoms with van der Waals surface area (Å²) in [5.74, 6) is -0.877. The van der Waals surface area contributed by atoms with Crippen LogP contribution in [0.25, 0.3) is 11.3 Å². The van der Waals surface area contributed by atoms with Crippen molar-refractivity contribution in [1.29, 1.82) is 5.26 Å². The summed E-state index contributed by atoms with van der Waals surface area (Å²) in [7, 11) is 0. The number of alkyl halides is 3. The van der Waals surface area contributed by atoms with Crippen LogP contribution in [0.1, 0.15) is 27.2 Å². The Hall–Kier alpha value is -2.56. The van der Waals surface area contributed by atoms with Crippen molar-refractivity contribution in [3.63, 3.8) is 0 Å². The van der Waals surface area contributed by atoms with Crippen molar-refractivity contribution < 1.29 is 18.0 Å². The van der Waals surface area contributed by atoms with Crippen molar-refractivity contribution in [1.82, 2.24) is 4.57 Å². The highest BCUT2D eigenvalue weighted by atomic mass is 79.9. The molecule has 0 aliphatic carbocycles. The third kappa shape index (κ3) is 3.46. The van der Waals surface area contributed by atoms with E-state index in [9.17, 15) is 23.2 Å². The van der Waals surface area contributed by atoms with Crippen LogP contribution in [0.15, 0.2) is 53.0 Å². The number of aromatic nitrogens is 1. The second kappa shape index (κ2) is 7.46. The van der Waals surface area contributed by atoms with Crippen LogP contribution in [0.5, 0.6) is 0 Å². The van der Waals surface area contributed by atoms with Crippen molar-refractivity contribution in [2.24, 2.45) is 0 Å². The van der Waals surface area contributed by atoms with Crippen LogP contribution in [-0.4, -0.2) is 10.5 Å². The van der Waals surface area contributed by atoms with Gasteiger partial charge in [0.15, 0.2) is 0 Å². The lowest BCUT2D eigenvalue weighted by Crippen LogP contribution is -2.22. The molecule has 28 heavy (non-hydrogen) atoms. The molecule has 0 amide bonds. The van der Waals surface area contributed by atoms with Crippen LogP contribution in [0.3, 0.4) is 0 Å². The largest absolute Gasteiger partial charge is 0.433 e. The molecule has 1 heterocycles. The standard InChI is InChI=1S/C20H11BrClF3N2O/c1-11-4-2-3-5-14(11)19(28)27-17(12-6-8-13(22)9-7-12)15(10-26)16(21)18(27)20(23,24)25/h2-9H,1H3. The van der Waals surface area contributed by atoms with Crippen molar-refractivity contribution in [3.05, 3.63) is 80.4 Å². The summed E-state index contributed by atoms with van der Waals surface area (Å²) in [6.07, 6.45) is -4.87. The van der Waals surface area contributed by atoms with Gasteiger partial charge in [0.1, 0.15) is 11.8 Å². The van der Waals surface area contributed by atoms with E-state index in [0.29, 0.717) is 15.2 Å². The molecule has 0 atom stereocenters. The van der Waals surface area contributed by atoms with E-state index in [1.165, 1.54) is 30.3 Å². The SMILES string of the molecule is Cc1ccccc1C(=O)n1c(-c2ccc(Cl)cc2)c(C#N)c(Br)c1C(F)(F)F. The molecular formula is C20H11BrClF3N2O. The molecule has 1 aromatic heterocycles. The molecule has 0 spiro atoms. The highest BCUT2D eigenvalue weighted by Gasteiger charge is 2.42. The normalized spacial score (nSPS) is 11.3.